The first-order valence-corrected chi connectivity index (χ1v) is 10.3. The van der Waals surface area contributed by atoms with Crippen LogP contribution in [0.15, 0.2) is 72.8 Å². The minimum Gasteiger partial charge on any atom is -0.454 e. The van der Waals surface area contributed by atoms with Gasteiger partial charge in [0.15, 0.2) is 11.5 Å². The van der Waals surface area contributed by atoms with E-state index in [0.29, 0.717) is 27.8 Å². The van der Waals surface area contributed by atoms with Crippen LogP contribution in [0.5, 0.6) is 11.5 Å². The Morgan fingerprint density at radius 2 is 1.77 bits per heavy atom. The maximum atomic E-state index is 13.3. The van der Waals surface area contributed by atoms with E-state index in [1.807, 2.05) is 79.7 Å². The van der Waals surface area contributed by atoms with E-state index in [9.17, 15) is 4.79 Å². The largest absolute Gasteiger partial charge is 0.454 e. The number of aromatic nitrogens is 1. The van der Waals surface area contributed by atoms with E-state index in [-0.39, 0.29) is 18.7 Å². The molecule has 5 rings (SSSR count). The molecule has 0 unspecified atom stereocenters. The Bertz CT molecular complexity index is 1290. The summed E-state index contributed by atoms with van der Waals surface area (Å²) >= 11 is 5.98. The number of carbonyl (C=O) groups is 1. The molecule has 4 aromatic rings. The number of carbonyl (C=O) groups excluding carboxylic acids is 1. The van der Waals surface area contributed by atoms with E-state index in [1.165, 1.54) is 0 Å². The van der Waals surface area contributed by atoms with Crippen LogP contribution < -0.4 is 14.8 Å². The third-order valence-electron chi connectivity index (χ3n) is 5.35. The van der Waals surface area contributed by atoms with Gasteiger partial charge in [0.1, 0.15) is 0 Å². The van der Waals surface area contributed by atoms with Gasteiger partial charge in [-0.25, -0.2) is 4.98 Å². The van der Waals surface area contributed by atoms with Crippen LogP contribution in [-0.2, 0) is 0 Å². The Kier molecular flexibility index (Phi) is 4.96. The van der Waals surface area contributed by atoms with Crippen LogP contribution in [0.3, 0.4) is 0 Å². The molecule has 0 spiro atoms. The quantitative estimate of drug-likeness (QED) is 0.446. The lowest BCUT2D eigenvalue weighted by molar-refractivity contribution is 0.0941. The molecule has 1 aliphatic heterocycles. The van der Waals surface area contributed by atoms with Crippen molar-refractivity contribution in [1.82, 2.24) is 10.3 Å². The summed E-state index contributed by atoms with van der Waals surface area (Å²) in [5, 5.41) is 4.55. The van der Waals surface area contributed by atoms with Gasteiger partial charge in [0.2, 0.25) is 6.79 Å². The predicted octanol–water partition coefficient (Wildman–Crippen LogP) is 5.77. The molecule has 6 heteroatoms. The van der Waals surface area contributed by atoms with Crippen molar-refractivity contribution in [1.29, 1.82) is 0 Å². The fourth-order valence-corrected chi connectivity index (χ4v) is 3.80. The molecule has 1 atom stereocenters. The van der Waals surface area contributed by atoms with Crippen molar-refractivity contribution in [2.75, 3.05) is 6.79 Å². The summed E-state index contributed by atoms with van der Waals surface area (Å²) in [7, 11) is 0. The summed E-state index contributed by atoms with van der Waals surface area (Å²) < 4.78 is 10.9. The zero-order valence-corrected chi connectivity index (χ0v) is 17.5. The monoisotopic (exact) mass is 430 g/mol. The number of benzene rings is 3. The number of hydrogen-bond acceptors (Lipinski definition) is 4. The number of rotatable bonds is 4. The summed E-state index contributed by atoms with van der Waals surface area (Å²) in [5.74, 6) is 1.22. The average Bonchev–Trinajstić information content (AvgIpc) is 3.26. The normalized spacial score (nSPS) is 13.2. The molecular weight excluding hydrogens is 412 g/mol. The summed E-state index contributed by atoms with van der Waals surface area (Å²) in [6.07, 6.45) is 0. The van der Waals surface area contributed by atoms with Gasteiger partial charge < -0.3 is 14.8 Å². The van der Waals surface area contributed by atoms with E-state index in [0.717, 1.165) is 22.0 Å². The van der Waals surface area contributed by atoms with Crippen LogP contribution in [0, 0.1) is 0 Å². The highest BCUT2D eigenvalue weighted by atomic mass is 35.5. The third kappa shape index (κ3) is 3.80. The highest BCUT2D eigenvalue weighted by molar-refractivity contribution is 6.30. The van der Waals surface area contributed by atoms with E-state index in [1.54, 1.807) is 0 Å². The van der Waals surface area contributed by atoms with Crippen LogP contribution in [0.1, 0.15) is 28.9 Å². The number of halogens is 1. The van der Waals surface area contributed by atoms with Crippen molar-refractivity contribution < 1.29 is 14.3 Å². The number of hydrogen-bond donors (Lipinski definition) is 1. The zero-order valence-electron chi connectivity index (χ0n) is 16.8. The molecule has 1 amide bonds. The van der Waals surface area contributed by atoms with Crippen molar-refractivity contribution in [3.8, 4) is 22.8 Å². The predicted molar refractivity (Wildman–Crippen MR) is 121 cm³/mol. The molecule has 2 heterocycles. The van der Waals surface area contributed by atoms with Crippen LogP contribution in [-0.4, -0.2) is 17.7 Å². The van der Waals surface area contributed by atoms with Gasteiger partial charge in [0.05, 0.1) is 22.8 Å². The standard InChI is InChI=1S/C25H19ClN2O3/c1-15(16-6-9-18(26)10-7-16)27-25(29)20-13-22(28-21-5-3-2-4-19(20)21)17-8-11-23-24(12-17)31-14-30-23/h2-13,15H,14H2,1H3,(H,27,29)/t15-/m1/s1. The van der Waals surface area contributed by atoms with Crippen molar-refractivity contribution in [3.05, 3.63) is 88.9 Å². The first-order chi connectivity index (χ1) is 15.1. The molecule has 1 aliphatic rings. The maximum absolute atomic E-state index is 13.3. The fraction of sp³-hybridized carbons (Fsp3) is 0.120. The molecular formula is C25H19ClN2O3. The van der Waals surface area contributed by atoms with Crippen molar-refractivity contribution in [2.45, 2.75) is 13.0 Å². The number of fused-ring (bicyclic) bond motifs is 2. The molecule has 5 nitrogen and oxygen atoms in total. The van der Waals surface area contributed by atoms with Crippen molar-refractivity contribution >= 4 is 28.4 Å². The fourth-order valence-electron chi connectivity index (χ4n) is 3.68. The second kappa shape index (κ2) is 7.93. The molecule has 3 aromatic carbocycles. The summed E-state index contributed by atoms with van der Waals surface area (Å²) in [6, 6.07) is 22.4. The molecule has 0 fully saturated rings. The summed E-state index contributed by atoms with van der Waals surface area (Å²) in [4.78, 5) is 18.0. The van der Waals surface area contributed by atoms with E-state index in [2.05, 4.69) is 5.32 Å². The summed E-state index contributed by atoms with van der Waals surface area (Å²) in [6.45, 7) is 2.16. The Labute approximate surface area is 184 Å². The highest BCUT2D eigenvalue weighted by Gasteiger charge is 2.19. The Hall–Kier alpha value is -3.57. The molecule has 0 radical (unpaired) electrons. The summed E-state index contributed by atoms with van der Waals surface area (Å²) in [5.41, 5.74) is 3.85. The number of pyridine rings is 1. The van der Waals surface area contributed by atoms with Gasteiger partial charge in [-0.2, -0.15) is 0 Å². The molecule has 1 aromatic heterocycles. The van der Waals surface area contributed by atoms with Gasteiger partial charge in [-0.05, 0) is 55.0 Å². The topological polar surface area (TPSA) is 60.5 Å². The second-order valence-electron chi connectivity index (χ2n) is 7.39. The Morgan fingerprint density at radius 1 is 1.00 bits per heavy atom. The Balaban J connectivity index is 1.53. The second-order valence-corrected chi connectivity index (χ2v) is 7.82. The van der Waals surface area contributed by atoms with E-state index in [4.69, 9.17) is 26.1 Å². The zero-order chi connectivity index (χ0) is 21.4. The van der Waals surface area contributed by atoms with Crippen molar-refractivity contribution in [2.24, 2.45) is 0 Å². The van der Waals surface area contributed by atoms with Crippen LogP contribution in [0.25, 0.3) is 22.2 Å². The SMILES string of the molecule is C[C@@H](NC(=O)c1cc(-c2ccc3c(c2)OCO3)nc2ccccc12)c1ccc(Cl)cc1. The minimum absolute atomic E-state index is 0.164. The highest BCUT2D eigenvalue weighted by Crippen LogP contribution is 2.36. The average molecular weight is 431 g/mol. The molecule has 0 saturated heterocycles. The number of para-hydroxylation sites is 1. The van der Waals surface area contributed by atoms with Crippen LogP contribution in [0.2, 0.25) is 5.02 Å². The molecule has 0 saturated carbocycles. The number of amides is 1. The smallest absolute Gasteiger partial charge is 0.252 e. The lowest BCUT2D eigenvalue weighted by atomic mass is 10.0. The van der Waals surface area contributed by atoms with Gasteiger partial charge in [-0.15, -0.1) is 0 Å². The van der Waals surface area contributed by atoms with E-state index >= 15 is 0 Å². The lowest BCUT2D eigenvalue weighted by Gasteiger charge is -2.16. The van der Waals surface area contributed by atoms with Crippen molar-refractivity contribution in [3.63, 3.8) is 0 Å². The molecule has 0 aliphatic carbocycles. The first kappa shape index (κ1) is 19.4. The van der Waals surface area contributed by atoms with E-state index < -0.39 is 0 Å². The van der Waals surface area contributed by atoms with Crippen LogP contribution in [0.4, 0.5) is 0 Å². The first-order valence-electron chi connectivity index (χ1n) is 9.94. The number of ether oxygens (including phenoxy) is 2. The number of nitrogens with one attached hydrogen (secondary N) is 1. The number of nitrogens with zero attached hydrogens (tertiary/aromatic N) is 1. The molecule has 31 heavy (non-hydrogen) atoms. The van der Waals surface area contributed by atoms with Gasteiger partial charge in [0.25, 0.3) is 5.91 Å². The third-order valence-corrected chi connectivity index (χ3v) is 5.60. The van der Waals surface area contributed by atoms with Gasteiger partial charge in [0, 0.05) is 16.0 Å². The van der Waals surface area contributed by atoms with Crippen LogP contribution >= 0.6 is 11.6 Å². The molecule has 154 valence electrons. The maximum Gasteiger partial charge on any atom is 0.252 e. The molecule has 0 bridgehead atoms. The minimum atomic E-state index is -0.175. The lowest BCUT2D eigenvalue weighted by Crippen LogP contribution is -2.27. The van der Waals surface area contributed by atoms with Gasteiger partial charge in [-0.3, -0.25) is 4.79 Å². The molecule has 1 N–H and O–H groups in total. The van der Waals surface area contributed by atoms with Gasteiger partial charge >= 0.3 is 0 Å². The van der Waals surface area contributed by atoms with Gasteiger partial charge in [-0.1, -0.05) is 41.9 Å². The Morgan fingerprint density at radius 3 is 2.61 bits per heavy atom.